The van der Waals surface area contributed by atoms with E-state index in [4.69, 9.17) is 0 Å². The molecule has 28 heavy (non-hydrogen) atoms. The molecular formula is C23H28FN3O. The molecular weight excluding hydrogens is 353 g/mol. The lowest BCUT2D eigenvalue weighted by Gasteiger charge is -2.49. The first-order valence-electron chi connectivity index (χ1n) is 10.2. The van der Waals surface area contributed by atoms with Crippen LogP contribution in [0.3, 0.4) is 0 Å². The second-order valence-electron chi connectivity index (χ2n) is 8.17. The highest BCUT2D eigenvalue weighted by molar-refractivity contribution is 5.89. The molecule has 2 aromatic carbocycles. The molecule has 5 heteroatoms. The van der Waals surface area contributed by atoms with Crippen molar-refractivity contribution in [1.29, 1.82) is 0 Å². The molecule has 2 bridgehead atoms. The number of nitrogens with zero attached hydrogens (tertiary/aromatic N) is 1. The van der Waals surface area contributed by atoms with Crippen LogP contribution in [0.25, 0.3) is 0 Å². The van der Waals surface area contributed by atoms with E-state index in [0.29, 0.717) is 17.8 Å². The lowest BCUT2D eigenvalue weighted by molar-refractivity contribution is 0.0200. The Bertz CT molecular complexity index is 809. The number of amides is 2. The van der Waals surface area contributed by atoms with Gasteiger partial charge in [0.15, 0.2) is 0 Å². The number of carbonyl (C=O) groups is 1. The fourth-order valence-electron chi connectivity index (χ4n) is 4.68. The maximum Gasteiger partial charge on any atom is 0.319 e. The molecule has 2 fully saturated rings. The highest BCUT2D eigenvalue weighted by atomic mass is 19.1. The molecule has 148 valence electrons. The fourth-order valence-corrected chi connectivity index (χ4v) is 4.68. The Labute approximate surface area is 166 Å². The van der Waals surface area contributed by atoms with Crippen molar-refractivity contribution in [2.45, 2.75) is 63.7 Å². The first-order chi connectivity index (χ1) is 13.6. The van der Waals surface area contributed by atoms with E-state index in [1.165, 1.54) is 42.5 Å². The molecule has 0 aliphatic carbocycles. The van der Waals surface area contributed by atoms with Gasteiger partial charge in [-0.15, -0.1) is 0 Å². The van der Waals surface area contributed by atoms with Gasteiger partial charge in [-0.05, 0) is 56.4 Å². The third kappa shape index (κ3) is 4.53. The molecule has 4 nitrogen and oxygen atoms in total. The zero-order chi connectivity index (χ0) is 19.5. The number of benzene rings is 2. The number of anilines is 1. The van der Waals surface area contributed by atoms with E-state index in [1.54, 1.807) is 12.1 Å². The summed E-state index contributed by atoms with van der Waals surface area (Å²) in [7, 11) is 0. The Kier molecular flexibility index (Phi) is 5.62. The molecule has 2 saturated heterocycles. The number of fused-ring (bicyclic) bond motifs is 2. The van der Waals surface area contributed by atoms with Crippen molar-refractivity contribution in [3.63, 3.8) is 0 Å². The van der Waals surface area contributed by atoms with Crippen LogP contribution >= 0.6 is 0 Å². The molecule has 1 unspecified atom stereocenters. The molecule has 0 radical (unpaired) electrons. The van der Waals surface area contributed by atoms with Gasteiger partial charge in [0.25, 0.3) is 0 Å². The summed E-state index contributed by atoms with van der Waals surface area (Å²) < 4.78 is 13.3. The van der Waals surface area contributed by atoms with Gasteiger partial charge in [0.2, 0.25) is 0 Å². The lowest BCUT2D eigenvalue weighted by Crippen LogP contribution is -2.56. The van der Waals surface area contributed by atoms with Crippen LogP contribution in [0.4, 0.5) is 14.9 Å². The van der Waals surface area contributed by atoms with Gasteiger partial charge >= 0.3 is 6.03 Å². The normalized spacial score (nSPS) is 24.6. The van der Waals surface area contributed by atoms with Crippen molar-refractivity contribution < 1.29 is 9.18 Å². The number of halogens is 1. The topological polar surface area (TPSA) is 44.4 Å². The second-order valence-corrected chi connectivity index (χ2v) is 8.17. The smallest absolute Gasteiger partial charge is 0.319 e. The van der Waals surface area contributed by atoms with Crippen LogP contribution in [0.1, 0.15) is 43.2 Å². The summed E-state index contributed by atoms with van der Waals surface area (Å²) in [5.74, 6) is -0.350. The monoisotopic (exact) mass is 381 g/mol. The Morgan fingerprint density at radius 3 is 2.50 bits per heavy atom. The Morgan fingerprint density at radius 2 is 1.82 bits per heavy atom. The molecule has 3 atom stereocenters. The van der Waals surface area contributed by atoms with E-state index >= 15 is 0 Å². The summed E-state index contributed by atoms with van der Waals surface area (Å²) in [6.45, 7) is 3.10. The molecule has 2 aromatic rings. The first kappa shape index (κ1) is 18.9. The van der Waals surface area contributed by atoms with E-state index in [9.17, 15) is 9.18 Å². The lowest BCUT2D eigenvalue weighted by atomic mass is 9.81. The highest BCUT2D eigenvalue weighted by Crippen LogP contribution is 2.35. The molecule has 2 amide bonds. The number of rotatable bonds is 4. The van der Waals surface area contributed by atoms with Gasteiger partial charge in [0.05, 0.1) is 0 Å². The minimum atomic E-state index is -0.350. The predicted octanol–water partition coefficient (Wildman–Crippen LogP) is 4.84. The largest absolute Gasteiger partial charge is 0.335 e. The van der Waals surface area contributed by atoms with Gasteiger partial charge in [-0.25, -0.2) is 9.18 Å². The molecule has 2 N–H and O–H groups in total. The fraction of sp³-hybridized carbons (Fsp3) is 0.435. The molecule has 2 heterocycles. The second kappa shape index (κ2) is 8.31. The molecule has 4 rings (SSSR count). The zero-order valence-corrected chi connectivity index (χ0v) is 16.3. The van der Waals surface area contributed by atoms with Gasteiger partial charge in [0.1, 0.15) is 5.82 Å². The predicted molar refractivity (Wildman–Crippen MR) is 110 cm³/mol. The van der Waals surface area contributed by atoms with Crippen LogP contribution in [-0.2, 0) is 6.54 Å². The number of piperidine rings is 2. The van der Waals surface area contributed by atoms with Gasteiger partial charge in [-0.1, -0.05) is 42.3 Å². The molecule has 2 aliphatic heterocycles. The zero-order valence-electron chi connectivity index (χ0n) is 16.3. The molecule has 0 saturated carbocycles. The van der Waals surface area contributed by atoms with E-state index in [1.807, 2.05) is 0 Å². The number of hydrogen-bond donors (Lipinski definition) is 2. The van der Waals surface area contributed by atoms with Crippen molar-refractivity contribution in [3.8, 4) is 0 Å². The highest BCUT2D eigenvalue weighted by Gasteiger charge is 2.38. The number of aryl methyl sites for hydroxylation is 1. The van der Waals surface area contributed by atoms with Gasteiger partial charge in [0, 0.05) is 30.4 Å². The minimum absolute atomic E-state index is 0.165. The van der Waals surface area contributed by atoms with Crippen molar-refractivity contribution in [1.82, 2.24) is 10.2 Å². The van der Waals surface area contributed by atoms with Crippen LogP contribution < -0.4 is 10.6 Å². The van der Waals surface area contributed by atoms with E-state index in [2.05, 4.69) is 46.7 Å². The summed E-state index contributed by atoms with van der Waals surface area (Å²) in [6, 6.07) is 15.7. The summed E-state index contributed by atoms with van der Waals surface area (Å²) in [4.78, 5) is 15.0. The summed E-state index contributed by atoms with van der Waals surface area (Å²) >= 11 is 0. The molecule has 0 spiro atoms. The minimum Gasteiger partial charge on any atom is -0.335 e. The van der Waals surface area contributed by atoms with Crippen LogP contribution in [0.15, 0.2) is 48.5 Å². The van der Waals surface area contributed by atoms with E-state index < -0.39 is 0 Å². The van der Waals surface area contributed by atoms with Crippen molar-refractivity contribution in [2.24, 2.45) is 0 Å². The molecule has 2 aliphatic rings. The SMILES string of the molecule is Cc1ccc(CN2[C@@H]3CCC[C@H]2CC(NC(=O)Nc2cccc(F)c2)C3)cc1. The first-order valence-corrected chi connectivity index (χ1v) is 10.2. The summed E-state index contributed by atoms with van der Waals surface area (Å²) in [5, 5.41) is 5.86. The van der Waals surface area contributed by atoms with E-state index in [-0.39, 0.29) is 17.9 Å². The maximum atomic E-state index is 13.3. The van der Waals surface area contributed by atoms with Gasteiger partial charge in [-0.2, -0.15) is 0 Å². The van der Waals surface area contributed by atoms with Crippen LogP contribution in [-0.4, -0.2) is 29.1 Å². The average molecular weight is 381 g/mol. The van der Waals surface area contributed by atoms with Gasteiger partial charge < -0.3 is 10.6 Å². The van der Waals surface area contributed by atoms with Crippen molar-refractivity contribution in [2.75, 3.05) is 5.32 Å². The molecule has 0 aromatic heterocycles. The number of hydrogen-bond acceptors (Lipinski definition) is 2. The third-order valence-electron chi connectivity index (χ3n) is 6.03. The standard InChI is InChI=1S/C23H28FN3O/c1-16-8-10-17(11-9-16)15-27-21-6-3-7-22(27)14-20(13-21)26-23(28)25-19-5-2-4-18(24)12-19/h2,4-5,8-12,20-22H,3,6-7,13-15H2,1H3,(H2,25,26,28)/t20?,21-,22+. The Hall–Kier alpha value is -2.40. The van der Waals surface area contributed by atoms with E-state index in [0.717, 1.165) is 19.4 Å². The van der Waals surface area contributed by atoms with Crippen LogP contribution in [0, 0.1) is 12.7 Å². The Balaban J connectivity index is 1.36. The number of urea groups is 1. The summed E-state index contributed by atoms with van der Waals surface area (Å²) in [6.07, 6.45) is 5.58. The quantitative estimate of drug-likeness (QED) is 0.796. The van der Waals surface area contributed by atoms with Crippen LogP contribution in [0.5, 0.6) is 0 Å². The van der Waals surface area contributed by atoms with Crippen molar-refractivity contribution >= 4 is 11.7 Å². The van der Waals surface area contributed by atoms with Gasteiger partial charge in [-0.3, -0.25) is 4.90 Å². The average Bonchev–Trinajstić information content (AvgIpc) is 2.64. The number of carbonyl (C=O) groups excluding carboxylic acids is 1. The Morgan fingerprint density at radius 1 is 1.11 bits per heavy atom. The maximum absolute atomic E-state index is 13.3. The number of nitrogens with one attached hydrogen (secondary N) is 2. The van der Waals surface area contributed by atoms with Crippen molar-refractivity contribution in [3.05, 3.63) is 65.5 Å². The summed E-state index contributed by atoms with van der Waals surface area (Å²) in [5.41, 5.74) is 3.13. The third-order valence-corrected chi connectivity index (χ3v) is 6.03. The van der Waals surface area contributed by atoms with Crippen LogP contribution in [0.2, 0.25) is 0 Å².